The molecule has 120 valence electrons. The SMILES string of the molecule is C[C@H]1C[C@@H](C(=O)Nc2ccc(Oc3ccccc3)cc2)N(C)C1. The predicted molar refractivity (Wildman–Crippen MR) is 91.8 cm³/mol. The van der Waals surface area contributed by atoms with E-state index in [1.54, 1.807) is 0 Å². The molecule has 1 aliphatic heterocycles. The summed E-state index contributed by atoms with van der Waals surface area (Å²) in [5.41, 5.74) is 0.795. The Morgan fingerprint density at radius 2 is 1.74 bits per heavy atom. The van der Waals surface area contributed by atoms with E-state index < -0.39 is 0 Å². The normalized spacial score (nSPS) is 21.1. The van der Waals surface area contributed by atoms with Gasteiger partial charge in [0.2, 0.25) is 5.91 Å². The molecule has 1 fully saturated rings. The number of para-hydroxylation sites is 1. The molecular formula is C19H22N2O2. The van der Waals surface area contributed by atoms with Crippen molar-refractivity contribution in [2.45, 2.75) is 19.4 Å². The van der Waals surface area contributed by atoms with E-state index in [0.717, 1.165) is 30.2 Å². The molecule has 23 heavy (non-hydrogen) atoms. The van der Waals surface area contributed by atoms with Gasteiger partial charge in [0, 0.05) is 12.2 Å². The Morgan fingerprint density at radius 1 is 1.09 bits per heavy atom. The van der Waals surface area contributed by atoms with Gasteiger partial charge in [-0.15, -0.1) is 0 Å². The molecule has 4 nitrogen and oxygen atoms in total. The van der Waals surface area contributed by atoms with Crippen molar-refractivity contribution >= 4 is 11.6 Å². The maximum atomic E-state index is 12.4. The molecule has 1 amide bonds. The number of likely N-dealkylation sites (N-methyl/N-ethyl adjacent to an activating group) is 1. The molecule has 2 aromatic carbocycles. The molecule has 2 aromatic rings. The highest BCUT2D eigenvalue weighted by Gasteiger charge is 2.32. The first-order valence-electron chi connectivity index (χ1n) is 7.96. The Labute approximate surface area is 137 Å². The van der Waals surface area contributed by atoms with Crippen LogP contribution in [0.5, 0.6) is 11.5 Å². The molecule has 0 aliphatic carbocycles. The van der Waals surface area contributed by atoms with Gasteiger partial charge in [0.05, 0.1) is 6.04 Å². The maximum Gasteiger partial charge on any atom is 0.241 e. The van der Waals surface area contributed by atoms with Crippen molar-refractivity contribution in [1.82, 2.24) is 4.90 Å². The van der Waals surface area contributed by atoms with Crippen molar-refractivity contribution in [3.05, 3.63) is 54.6 Å². The summed E-state index contributed by atoms with van der Waals surface area (Å²) >= 11 is 0. The van der Waals surface area contributed by atoms with Crippen molar-refractivity contribution in [3.63, 3.8) is 0 Å². The van der Waals surface area contributed by atoms with Crippen molar-refractivity contribution in [2.24, 2.45) is 5.92 Å². The quantitative estimate of drug-likeness (QED) is 0.935. The van der Waals surface area contributed by atoms with Crippen LogP contribution in [0, 0.1) is 5.92 Å². The van der Waals surface area contributed by atoms with Crippen LogP contribution in [0.3, 0.4) is 0 Å². The molecule has 2 atom stereocenters. The van der Waals surface area contributed by atoms with Crippen LogP contribution in [0.25, 0.3) is 0 Å². The molecule has 3 rings (SSSR count). The van der Waals surface area contributed by atoms with Gasteiger partial charge in [0.25, 0.3) is 0 Å². The van der Waals surface area contributed by atoms with E-state index >= 15 is 0 Å². The summed E-state index contributed by atoms with van der Waals surface area (Å²) in [6.07, 6.45) is 0.914. The first-order chi connectivity index (χ1) is 11.1. The van der Waals surface area contributed by atoms with Gasteiger partial charge in [-0.2, -0.15) is 0 Å². The summed E-state index contributed by atoms with van der Waals surface area (Å²) in [6, 6.07) is 17.1. The number of carbonyl (C=O) groups is 1. The number of hydrogen-bond donors (Lipinski definition) is 1. The zero-order valence-corrected chi connectivity index (χ0v) is 13.5. The average molecular weight is 310 g/mol. The van der Waals surface area contributed by atoms with Gasteiger partial charge in [-0.05, 0) is 55.8 Å². The Balaban J connectivity index is 1.60. The lowest BCUT2D eigenvalue weighted by molar-refractivity contribution is -0.119. The molecule has 0 bridgehead atoms. The van der Waals surface area contributed by atoms with E-state index in [4.69, 9.17) is 4.74 Å². The second-order valence-corrected chi connectivity index (χ2v) is 6.22. The molecule has 0 spiro atoms. The van der Waals surface area contributed by atoms with Crippen LogP contribution in [-0.4, -0.2) is 30.4 Å². The standard InChI is InChI=1S/C19H22N2O2/c1-14-12-18(21(2)13-14)19(22)20-15-8-10-17(11-9-15)23-16-6-4-3-5-7-16/h3-11,14,18H,12-13H2,1-2H3,(H,20,22)/t14-,18-/m0/s1. The van der Waals surface area contributed by atoms with Gasteiger partial charge in [-0.1, -0.05) is 25.1 Å². The van der Waals surface area contributed by atoms with Gasteiger partial charge in [0.15, 0.2) is 0 Å². The Hall–Kier alpha value is -2.33. The zero-order chi connectivity index (χ0) is 16.2. The molecule has 4 heteroatoms. The van der Waals surface area contributed by atoms with Gasteiger partial charge in [-0.3, -0.25) is 9.69 Å². The number of nitrogens with one attached hydrogen (secondary N) is 1. The van der Waals surface area contributed by atoms with Gasteiger partial charge in [-0.25, -0.2) is 0 Å². The summed E-state index contributed by atoms with van der Waals surface area (Å²) in [4.78, 5) is 14.5. The van der Waals surface area contributed by atoms with Gasteiger partial charge in [0.1, 0.15) is 11.5 Å². The topological polar surface area (TPSA) is 41.6 Å². The lowest BCUT2D eigenvalue weighted by Crippen LogP contribution is -2.37. The fourth-order valence-corrected chi connectivity index (χ4v) is 3.02. The molecule has 0 unspecified atom stereocenters. The number of hydrogen-bond acceptors (Lipinski definition) is 3. The smallest absolute Gasteiger partial charge is 0.241 e. The number of anilines is 1. The molecular weight excluding hydrogens is 288 g/mol. The van der Waals surface area contributed by atoms with Crippen molar-refractivity contribution in [2.75, 3.05) is 18.9 Å². The minimum absolute atomic E-state index is 0.0368. The van der Waals surface area contributed by atoms with Crippen LogP contribution in [-0.2, 0) is 4.79 Å². The fraction of sp³-hybridized carbons (Fsp3) is 0.316. The van der Waals surface area contributed by atoms with Crippen LogP contribution in [0.15, 0.2) is 54.6 Å². The van der Waals surface area contributed by atoms with Crippen LogP contribution in [0.2, 0.25) is 0 Å². The second kappa shape index (κ2) is 6.84. The Bertz CT molecular complexity index is 655. The van der Waals surface area contributed by atoms with Gasteiger partial charge < -0.3 is 10.1 Å². The molecule has 1 saturated heterocycles. The number of amides is 1. The van der Waals surface area contributed by atoms with E-state index in [9.17, 15) is 4.79 Å². The van der Waals surface area contributed by atoms with Crippen molar-refractivity contribution < 1.29 is 9.53 Å². The first kappa shape index (κ1) is 15.6. The number of ether oxygens (including phenoxy) is 1. The Kier molecular flexibility index (Phi) is 4.63. The van der Waals surface area contributed by atoms with Crippen LogP contribution < -0.4 is 10.1 Å². The maximum absolute atomic E-state index is 12.4. The average Bonchev–Trinajstić information content (AvgIpc) is 2.89. The summed E-state index contributed by atoms with van der Waals surface area (Å²) in [5.74, 6) is 2.18. The van der Waals surface area contributed by atoms with Crippen molar-refractivity contribution in [3.8, 4) is 11.5 Å². The zero-order valence-electron chi connectivity index (χ0n) is 13.5. The summed E-state index contributed by atoms with van der Waals surface area (Å²) < 4.78 is 5.75. The molecule has 0 radical (unpaired) electrons. The summed E-state index contributed by atoms with van der Waals surface area (Å²) in [6.45, 7) is 3.15. The monoisotopic (exact) mass is 310 g/mol. The highest BCUT2D eigenvalue weighted by atomic mass is 16.5. The van der Waals surface area contributed by atoms with E-state index in [1.807, 2.05) is 61.6 Å². The van der Waals surface area contributed by atoms with Gasteiger partial charge >= 0.3 is 0 Å². The van der Waals surface area contributed by atoms with E-state index in [0.29, 0.717) is 5.92 Å². The molecule has 1 N–H and O–H groups in total. The highest BCUT2D eigenvalue weighted by molar-refractivity contribution is 5.95. The van der Waals surface area contributed by atoms with E-state index in [2.05, 4.69) is 17.1 Å². The number of carbonyl (C=O) groups excluding carboxylic acids is 1. The minimum Gasteiger partial charge on any atom is -0.457 e. The predicted octanol–water partition coefficient (Wildman–Crippen LogP) is 3.76. The molecule has 0 saturated carbocycles. The molecule has 1 aliphatic rings. The third kappa shape index (κ3) is 3.90. The van der Waals surface area contributed by atoms with Crippen LogP contribution in [0.4, 0.5) is 5.69 Å². The summed E-state index contributed by atoms with van der Waals surface area (Å²) in [5, 5.41) is 2.99. The van der Waals surface area contributed by atoms with Crippen molar-refractivity contribution in [1.29, 1.82) is 0 Å². The second-order valence-electron chi connectivity index (χ2n) is 6.22. The van der Waals surface area contributed by atoms with Crippen LogP contribution >= 0.6 is 0 Å². The molecule has 1 heterocycles. The molecule has 0 aromatic heterocycles. The highest BCUT2D eigenvalue weighted by Crippen LogP contribution is 2.24. The number of likely N-dealkylation sites (tertiary alicyclic amines) is 1. The largest absolute Gasteiger partial charge is 0.457 e. The minimum atomic E-state index is -0.0368. The first-order valence-corrected chi connectivity index (χ1v) is 7.96. The van der Waals surface area contributed by atoms with Crippen LogP contribution in [0.1, 0.15) is 13.3 Å². The summed E-state index contributed by atoms with van der Waals surface area (Å²) in [7, 11) is 2.00. The number of benzene rings is 2. The number of rotatable bonds is 4. The van der Waals surface area contributed by atoms with E-state index in [-0.39, 0.29) is 11.9 Å². The Morgan fingerprint density at radius 3 is 2.35 bits per heavy atom. The fourth-order valence-electron chi connectivity index (χ4n) is 3.02. The third-order valence-electron chi connectivity index (χ3n) is 4.16. The lowest BCUT2D eigenvalue weighted by atomic mass is 10.1. The number of nitrogens with zero attached hydrogens (tertiary/aromatic N) is 1. The van der Waals surface area contributed by atoms with E-state index in [1.165, 1.54) is 0 Å². The lowest BCUT2D eigenvalue weighted by Gasteiger charge is -2.18. The third-order valence-corrected chi connectivity index (χ3v) is 4.16.